The van der Waals surface area contributed by atoms with E-state index in [1.807, 2.05) is 24.3 Å². The molecule has 0 saturated carbocycles. The summed E-state index contributed by atoms with van der Waals surface area (Å²) in [7, 11) is 3.04. The maximum atomic E-state index is 12.2. The van der Waals surface area contributed by atoms with Gasteiger partial charge in [-0.2, -0.15) is 5.26 Å². The predicted molar refractivity (Wildman–Crippen MR) is 85.8 cm³/mol. The number of benzene rings is 1. The highest BCUT2D eigenvalue weighted by Gasteiger charge is 2.41. The number of rotatable bonds is 3. The summed E-state index contributed by atoms with van der Waals surface area (Å²) in [5, 5.41) is 10.8. The van der Waals surface area contributed by atoms with Crippen LogP contribution in [0, 0.1) is 17.2 Å². The average Bonchev–Trinajstić information content (AvgIpc) is 2.90. The fourth-order valence-corrected chi connectivity index (χ4v) is 3.84. The number of esters is 1. The van der Waals surface area contributed by atoms with Gasteiger partial charge in [0.15, 0.2) is 0 Å². The van der Waals surface area contributed by atoms with E-state index >= 15 is 0 Å². The smallest absolute Gasteiger partial charge is 0.310 e. The molecule has 120 valence electrons. The molecule has 2 aromatic rings. The average molecular weight is 312 g/mol. The van der Waals surface area contributed by atoms with Gasteiger partial charge in [-0.1, -0.05) is 25.1 Å². The van der Waals surface area contributed by atoms with Gasteiger partial charge in [-0.25, -0.2) is 0 Å². The number of hydrogen-bond acceptors (Lipinski definition) is 4. The second-order valence-electron chi connectivity index (χ2n) is 6.04. The summed E-state index contributed by atoms with van der Waals surface area (Å²) >= 11 is 0. The van der Waals surface area contributed by atoms with Crippen LogP contribution in [0.5, 0.6) is 0 Å². The maximum Gasteiger partial charge on any atom is 0.310 e. The number of hydrogen-bond donors (Lipinski definition) is 0. The Hall–Kier alpha value is -2.32. The molecule has 0 bridgehead atoms. The molecular formula is C18H20N2O3. The third-order valence-electron chi connectivity index (χ3n) is 4.74. The topological polar surface area (TPSA) is 64.2 Å². The highest BCUT2D eigenvalue weighted by Crippen LogP contribution is 2.47. The van der Waals surface area contributed by atoms with Crippen LogP contribution in [0.15, 0.2) is 24.3 Å². The number of para-hydroxylation sites is 1. The minimum atomic E-state index is -0.489. The number of carbonyl (C=O) groups excluding carboxylic acids is 1. The van der Waals surface area contributed by atoms with Crippen molar-refractivity contribution in [1.29, 1.82) is 5.26 Å². The summed E-state index contributed by atoms with van der Waals surface area (Å²) in [6, 6.07) is 10.3. The SMILES string of the molecule is COCn1c2c(c3ccccc31)[C@H](C#N)[C@H](C(=O)OC)C[C@H]2C. The van der Waals surface area contributed by atoms with Crippen molar-refractivity contribution in [3.63, 3.8) is 0 Å². The number of fused-ring (bicyclic) bond motifs is 3. The third kappa shape index (κ3) is 2.30. The van der Waals surface area contributed by atoms with Crippen LogP contribution in [0.2, 0.25) is 0 Å². The fraction of sp³-hybridized carbons (Fsp3) is 0.444. The summed E-state index contributed by atoms with van der Waals surface area (Å²) in [4.78, 5) is 12.2. The van der Waals surface area contributed by atoms with E-state index in [4.69, 9.17) is 9.47 Å². The highest BCUT2D eigenvalue weighted by atomic mass is 16.5. The van der Waals surface area contributed by atoms with Crippen molar-refractivity contribution in [2.24, 2.45) is 5.92 Å². The van der Waals surface area contributed by atoms with Crippen molar-refractivity contribution < 1.29 is 14.3 Å². The lowest BCUT2D eigenvalue weighted by Crippen LogP contribution is -2.30. The molecule has 3 atom stereocenters. The third-order valence-corrected chi connectivity index (χ3v) is 4.74. The molecule has 1 aliphatic rings. The van der Waals surface area contributed by atoms with E-state index < -0.39 is 11.8 Å². The van der Waals surface area contributed by atoms with Crippen LogP contribution in [0.25, 0.3) is 10.9 Å². The Morgan fingerprint density at radius 3 is 2.78 bits per heavy atom. The van der Waals surface area contributed by atoms with Crippen molar-refractivity contribution in [1.82, 2.24) is 4.57 Å². The van der Waals surface area contributed by atoms with Crippen LogP contribution in [0.3, 0.4) is 0 Å². The number of carbonyl (C=O) groups is 1. The molecule has 3 rings (SSSR count). The molecule has 1 aliphatic carbocycles. The Kier molecular flexibility index (Phi) is 4.10. The summed E-state index contributed by atoms with van der Waals surface area (Å²) in [6.07, 6.45) is 0.609. The minimum absolute atomic E-state index is 0.154. The van der Waals surface area contributed by atoms with Gasteiger partial charge in [0.1, 0.15) is 6.73 Å². The Morgan fingerprint density at radius 2 is 2.13 bits per heavy atom. The van der Waals surface area contributed by atoms with Crippen LogP contribution >= 0.6 is 0 Å². The van der Waals surface area contributed by atoms with Gasteiger partial charge in [0, 0.05) is 18.2 Å². The van der Waals surface area contributed by atoms with E-state index in [9.17, 15) is 10.1 Å². The van der Waals surface area contributed by atoms with Crippen molar-refractivity contribution in [3.8, 4) is 6.07 Å². The molecule has 0 fully saturated rings. The van der Waals surface area contributed by atoms with Gasteiger partial charge >= 0.3 is 5.97 Å². The first-order valence-electron chi connectivity index (χ1n) is 7.71. The van der Waals surface area contributed by atoms with Crippen molar-refractivity contribution >= 4 is 16.9 Å². The largest absolute Gasteiger partial charge is 0.469 e. The lowest BCUT2D eigenvalue weighted by molar-refractivity contribution is -0.146. The van der Waals surface area contributed by atoms with Crippen molar-refractivity contribution in [2.75, 3.05) is 14.2 Å². The summed E-state index contributed by atoms with van der Waals surface area (Å²) < 4.78 is 12.4. The number of aromatic nitrogens is 1. The molecule has 0 aliphatic heterocycles. The van der Waals surface area contributed by atoms with Gasteiger partial charge in [-0.3, -0.25) is 4.79 Å². The van der Waals surface area contributed by atoms with E-state index in [-0.39, 0.29) is 11.9 Å². The molecule has 1 aromatic heterocycles. The molecule has 5 heteroatoms. The molecule has 23 heavy (non-hydrogen) atoms. The predicted octanol–water partition coefficient (Wildman–Crippen LogP) is 3.15. The van der Waals surface area contributed by atoms with Crippen LogP contribution in [-0.4, -0.2) is 24.8 Å². The molecule has 0 spiro atoms. The van der Waals surface area contributed by atoms with E-state index in [0.717, 1.165) is 22.2 Å². The number of nitriles is 1. The zero-order chi connectivity index (χ0) is 16.6. The monoisotopic (exact) mass is 312 g/mol. The van der Waals surface area contributed by atoms with Gasteiger partial charge in [-0.15, -0.1) is 0 Å². The Balaban J connectivity index is 2.28. The molecule has 0 unspecified atom stereocenters. The summed E-state index contributed by atoms with van der Waals surface area (Å²) in [5.41, 5.74) is 3.09. The molecule has 5 nitrogen and oxygen atoms in total. The number of methoxy groups -OCH3 is 2. The van der Waals surface area contributed by atoms with Crippen LogP contribution in [0.4, 0.5) is 0 Å². The quantitative estimate of drug-likeness (QED) is 0.817. The zero-order valence-electron chi connectivity index (χ0n) is 13.6. The highest BCUT2D eigenvalue weighted by molar-refractivity contribution is 5.89. The minimum Gasteiger partial charge on any atom is -0.469 e. The van der Waals surface area contributed by atoms with Crippen molar-refractivity contribution in [2.45, 2.75) is 31.9 Å². The number of ether oxygens (including phenoxy) is 2. The first kappa shape index (κ1) is 15.6. The standard InChI is InChI=1S/C18H20N2O3/c1-11-8-13(18(21)23-3)14(9-19)16-12-6-4-5-7-15(12)20(10-22-2)17(11)16/h4-7,11,13-14H,8,10H2,1-3H3/t11-,13-,14-/m1/s1. The zero-order valence-corrected chi connectivity index (χ0v) is 13.6. The summed E-state index contributed by atoms with van der Waals surface area (Å²) in [5.74, 6) is -1.06. The van der Waals surface area contributed by atoms with Crippen molar-refractivity contribution in [3.05, 3.63) is 35.5 Å². The lowest BCUT2D eigenvalue weighted by Gasteiger charge is -2.31. The first-order valence-corrected chi connectivity index (χ1v) is 7.71. The molecule has 1 heterocycles. The second kappa shape index (κ2) is 6.05. The van der Waals surface area contributed by atoms with E-state index in [1.165, 1.54) is 7.11 Å². The Bertz CT molecular complexity index is 787. The Morgan fingerprint density at radius 1 is 1.39 bits per heavy atom. The number of nitrogens with zero attached hydrogens (tertiary/aromatic N) is 2. The molecule has 0 N–H and O–H groups in total. The van der Waals surface area contributed by atoms with Crippen LogP contribution in [-0.2, 0) is 21.0 Å². The molecule has 0 saturated heterocycles. The molecule has 0 amide bonds. The molecular weight excluding hydrogens is 292 g/mol. The maximum absolute atomic E-state index is 12.2. The lowest BCUT2D eigenvalue weighted by atomic mass is 9.73. The second-order valence-corrected chi connectivity index (χ2v) is 6.04. The first-order chi connectivity index (χ1) is 11.1. The summed E-state index contributed by atoms with van der Waals surface area (Å²) in [6.45, 7) is 2.52. The molecule has 0 radical (unpaired) electrons. The van der Waals surface area contributed by atoms with Gasteiger partial charge in [0.25, 0.3) is 0 Å². The fourth-order valence-electron chi connectivity index (χ4n) is 3.84. The van der Waals surface area contributed by atoms with Gasteiger partial charge in [0.05, 0.1) is 30.5 Å². The Labute approximate surface area is 135 Å². The van der Waals surface area contributed by atoms with E-state index in [1.54, 1.807) is 7.11 Å². The van der Waals surface area contributed by atoms with E-state index in [0.29, 0.717) is 13.2 Å². The normalized spacial score (nSPS) is 23.3. The van der Waals surface area contributed by atoms with Gasteiger partial charge in [-0.05, 0) is 24.0 Å². The van der Waals surface area contributed by atoms with Crippen LogP contribution < -0.4 is 0 Å². The van der Waals surface area contributed by atoms with Gasteiger partial charge < -0.3 is 14.0 Å². The van der Waals surface area contributed by atoms with Gasteiger partial charge in [0.2, 0.25) is 0 Å². The van der Waals surface area contributed by atoms with Crippen LogP contribution in [0.1, 0.15) is 36.4 Å². The molecule has 1 aromatic carbocycles. The van der Waals surface area contributed by atoms with E-state index in [2.05, 4.69) is 17.6 Å².